The fraction of sp³-hybridized carbons (Fsp3) is 0.643. The molecule has 1 atom stereocenters. The van der Waals surface area contributed by atoms with Gasteiger partial charge in [-0.15, -0.1) is 0 Å². The van der Waals surface area contributed by atoms with Crippen molar-refractivity contribution >= 4 is 15.9 Å². The molecule has 1 N–H and O–H groups in total. The average molecular weight is 327 g/mol. The summed E-state index contributed by atoms with van der Waals surface area (Å²) >= 11 is 3.54. The summed E-state index contributed by atoms with van der Waals surface area (Å²) in [4.78, 5) is 4.30. The quantitative estimate of drug-likeness (QED) is 0.906. The minimum absolute atomic E-state index is 0.0339. The predicted octanol–water partition coefficient (Wildman–Crippen LogP) is 2.44. The van der Waals surface area contributed by atoms with E-state index in [-0.39, 0.29) is 11.7 Å². The lowest BCUT2D eigenvalue weighted by atomic mass is 9.89. The van der Waals surface area contributed by atoms with E-state index >= 15 is 0 Å². The number of halogens is 1. The average Bonchev–Trinajstić information content (AvgIpc) is 2.79. The maximum atomic E-state index is 6.03. The molecule has 0 bridgehead atoms. The molecule has 0 aliphatic carbocycles. The number of hydrogen-bond donors (Lipinski definition) is 1. The number of hydrogen-bond acceptors (Lipinski definition) is 4. The van der Waals surface area contributed by atoms with Crippen LogP contribution in [0.1, 0.15) is 24.8 Å². The zero-order valence-corrected chi connectivity index (χ0v) is 12.7. The Morgan fingerprint density at radius 3 is 3.05 bits per heavy atom. The van der Waals surface area contributed by atoms with Crippen LogP contribution in [0.4, 0.5) is 0 Å². The third-order valence-electron chi connectivity index (χ3n) is 4.02. The Kier molecular flexibility index (Phi) is 3.78. The van der Waals surface area contributed by atoms with Gasteiger partial charge in [0.05, 0.1) is 16.7 Å². The minimum Gasteiger partial charge on any atom is -0.471 e. The van der Waals surface area contributed by atoms with Gasteiger partial charge < -0.3 is 14.8 Å². The van der Waals surface area contributed by atoms with Crippen molar-refractivity contribution in [2.75, 3.05) is 19.7 Å². The van der Waals surface area contributed by atoms with E-state index in [1.807, 2.05) is 13.0 Å². The molecule has 4 nitrogen and oxygen atoms in total. The first-order valence-electron chi connectivity index (χ1n) is 6.81. The SMILES string of the molecule is Cc1ccnc(OC2COC3(CCNCC3)C2)c1Br. The molecule has 0 saturated carbocycles. The van der Waals surface area contributed by atoms with Crippen LogP contribution in [-0.2, 0) is 4.74 Å². The first kappa shape index (κ1) is 13.3. The van der Waals surface area contributed by atoms with Crippen LogP contribution >= 0.6 is 15.9 Å². The van der Waals surface area contributed by atoms with Gasteiger partial charge >= 0.3 is 0 Å². The maximum Gasteiger partial charge on any atom is 0.228 e. The number of nitrogens with zero attached hydrogens (tertiary/aromatic N) is 1. The lowest BCUT2D eigenvalue weighted by molar-refractivity contribution is -0.0206. The fourth-order valence-electron chi connectivity index (χ4n) is 2.86. The van der Waals surface area contributed by atoms with E-state index in [1.165, 1.54) is 0 Å². The number of nitrogens with one attached hydrogen (secondary N) is 1. The Hall–Kier alpha value is -0.650. The van der Waals surface area contributed by atoms with E-state index in [9.17, 15) is 0 Å². The fourth-order valence-corrected chi connectivity index (χ4v) is 3.19. The highest BCUT2D eigenvalue weighted by molar-refractivity contribution is 9.10. The number of aromatic nitrogens is 1. The van der Waals surface area contributed by atoms with Crippen LogP contribution in [0.25, 0.3) is 0 Å². The van der Waals surface area contributed by atoms with Gasteiger partial charge in [0.15, 0.2) is 0 Å². The van der Waals surface area contributed by atoms with E-state index in [4.69, 9.17) is 9.47 Å². The van der Waals surface area contributed by atoms with Gasteiger partial charge in [-0.05, 0) is 60.4 Å². The molecule has 1 aromatic heterocycles. The molecule has 0 radical (unpaired) electrons. The summed E-state index contributed by atoms with van der Waals surface area (Å²) in [6.07, 6.45) is 5.02. The number of rotatable bonds is 2. The summed E-state index contributed by atoms with van der Waals surface area (Å²) in [5.41, 5.74) is 1.17. The lowest BCUT2D eigenvalue weighted by Crippen LogP contribution is -2.41. The molecule has 2 aliphatic rings. The van der Waals surface area contributed by atoms with Crippen molar-refractivity contribution in [3.05, 3.63) is 22.3 Å². The number of aryl methyl sites for hydroxylation is 1. The summed E-state index contributed by atoms with van der Waals surface area (Å²) in [7, 11) is 0. The monoisotopic (exact) mass is 326 g/mol. The topological polar surface area (TPSA) is 43.4 Å². The van der Waals surface area contributed by atoms with Crippen molar-refractivity contribution in [3.63, 3.8) is 0 Å². The normalized spacial score (nSPS) is 25.7. The molecule has 104 valence electrons. The van der Waals surface area contributed by atoms with Gasteiger partial charge in [-0.1, -0.05) is 0 Å². The molecular weight excluding hydrogens is 308 g/mol. The molecule has 3 heterocycles. The van der Waals surface area contributed by atoms with Crippen LogP contribution in [0.15, 0.2) is 16.7 Å². The highest BCUT2D eigenvalue weighted by Crippen LogP contribution is 2.36. The molecular formula is C14H19BrN2O2. The highest BCUT2D eigenvalue weighted by atomic mass is 79.9. The van der Waals surface area contributed by atoms with Gasteiger partial charge in [0.1, 0.15) is 6.10 Å². The largest absolute Gasteiger partial charge is 0.471 e. The molecule has 0 amide bonds. The molecule has 2 aliphatic heterocycles. The first-order chi connectivity index (χ1) is 9.19. The predicted molar refractivity (Wildman–Crippen MR) is 76.5 cm³/mol. The van der Waals surface area contributed by atoms with Gasteiger partial charge in [-0.3, -0.25) is 0 Å². The van der Waals surface area contributed by atoms with Crippen molar-refractivity contribution in [1.29, 1.82) is 0 Å². The molecule has 3 rings (SSSR count). The second-order valence-electron chi connectivity index (χ2n) is 5.43. The van der Waals surface area contributed by atoms with Crippen molar-refractivity contribution in [3.8, 4) is 5.88 Å². The summed E-state index contributed by atoms with van der Waals surface area (Å²) in [5.74, 6) is 0.680. The van der Waals surface area contributed by atoms with Crippen molar-refractivity contribution < 1.29 is 9.47 Å². The lowest BCUT2D eigenvalue weighted by Gasteiger charge is -2.32. The van der Waals surface area contributed by atoms with Crippen LogP contribution in [0, 0.1) is 6.92 Å². The zero-order valence-electron chi connectivity index (χ0n) is 11.1. The van der Waals surface area contributed by atoms with Gasteiger partial charge in [-0.2, -0.15) is 0 Å². The minimum atomic E-state index is 0.0339. The number of ether oxygens (including phenoxy) is 2. The maximum absolute atomic E-state index is 6.03. The van der Waals surface area contributed by atoms with Crippen LogP contribution in [-0.4, -0.2) is 36.4 Å². The molecule has 0 aromatic carbocycles. The summed E-state index contributed by atoms with van der Waals surface area (Å²) in [6.45, 7) is 4.79. The number of pyridine rings is 1. The Bertz CT molecular complexity index is 461. The third-order valence-corrected chi connectivity index (χ3v) is 4.98. The Morgan fingerprint density at radius 1 is 1.47 bits per heavy atom. The molecule has 1 spiro atoms. The van der Waals surface area contributed by atoms with Gasteiger partial charge in [0, 0.05) is 12.6 Å². The van der Waals surface area contributed by atoms with Gasteiger partial charge in [-0.25, -0.2) is 4.98 Å². The summed E-state index contributed by atoms with van der Waals surface area (Å²) in [5, 5.41) is 3.38. The first-order valence-corrected chi connectivity index (χ1v) is 7.60. The second-order valence-corrected chi connectivity index (χ2v) is 6.23. The van der Waals surface area contributed by atoms with Gasteiger partial charge in [0.25, 0.3) is 0 Å². The number of piperidine rings is 1. The van der Waals surface area contributed by atoms with Gasteiger partial charge in [0.2, 0.25) is 5.88 Å². The van der Waals surface area contributed by atoms with Crippen LogP contribution < -0.4 is 10.1 Å². The van der Waals surface area contributed by atoms with E-state index in [2.05, 4.69) is 26.2 Å². The highest BCUT2D eigenvalue weighted by Gasteiger charge is 2.42. The molecule has 1 aromatic rings. The molecule has 19 heavy (non-hydrogen) atoms. The van der Waals surface area contributed by atoms with Crippen LogP contribution in [0.3, 0.4) is 0 Å². The Labute approximate surface area is 122 Å². The molecule has 5 heteroatoms. The third kappa shape index (κ3) is 2.78. The standard InChI is InChI=1S/C14H19BrN2O2/c1-10-2-5-17-13(12(10)15)19-11-8-14(18-9-11)3-6-16-7-4-14/h2,5,11,16H,3-4,6-9H2,1H3. The Morgan fingerprint density at radius 2 is 2.26 bits per heavy atom. The van der Waals surface area contributed by atoms with E-state index in [0.717, 1.165) is 42.4 Å². The van der Waals surface area contributed by atoms with E-state index in [0.29, 0.717) is 12.5 Å². The molecule has 2 fully saturated rings. The van der Waals surface area contributed by atoms with E-state index < -0.39 is 0 Å². The van der Waals surface area contributed by atoms with E-state index in [1.54, 1.807) is 6.20 Å². The summed E-state index contributed by atoms with van der Waals surface area (Å²) in [6, 6.07) is 1.97. The smallest absolute Gasteiger partial charge is 0.228 e. The van der Waals surface area contributed by atoms with Crippen LogP contribution in [0.2, 0.25) is 0 Å². The van der Waals surface area contributed by atoms with Crippen molar-refractivity contribution in [2.45, 2.75) is 37.9 Å². The molecule has 2 saturated heterocycles. The van der Waals surface area contributed by atoms with Crippen molar-refractivity contribution in [2.24, 2.45) is 0 Å². The molecule has 1 unspecified atom stereocenters. The zero-order chi connectivity index (χ0) is 13.3. The summed E-state index contributed by atoms with van der Waals surface area (Å²) < 4.78 is 13.0. The van der Waals surface area contributed by atoms with Crippen molar-refractivity contribution in [1.82, 2.24) is 10.3 Å². The van der Waals surface area contributed by atoms with Crippen LogP contribution in [0.5, 0.6) is 5.88 Å². The Balaban J connectivity index is 1.67. The second kappa shape index (κ2) is 5.38.